The highest BCUT2D eigenvalue weighted by atomic mass is 19.1. The lowest BCUT2D eigenvalue weighted by molar-refractivity contribution is 0.0931. The molecular weight excluding hydrogens is 238 g/mol. The Labute approximate surface area is 105 Å². The molecule has 0 aromatic heterocycles. The molecule has 0 bridgehead atoms. The highest BCUT2D eigenvalue weighted by Gasteiger charge is 2.15. The quantitative estimate of drug-likeness (QED) is 0.730. The second-order valence-electron chi connectivity index (χ2n) is 3.82. The number of nitriles is 1. The Balaban J connectivity index is 2.72. The van der Waals surface area contributed by atoms with Crippen molar-refractivity contribution >= 4 is 5.78 Å². The molecule has 0 amide bonds. The van der Waals surface area contributed by atoms with Crippen LogP contribution in [0, 0.1) is 23.0 Å². The standard InChI is InChI=1S/C13H14F2N2O/c1-2-17(7-3-6-16)9-13(18)11-5-4-10(14)8-12(11)15/h4-5,8H,2-3,7,9H2,1H3. The van der Waals surface area contributed by atoms with Gasteiger partial charge in [-0.15, -0.1) is 0 Å². The van der Waals surface area contributed by atoms with Crippen LogP contribution in [0.2, 0.25) is 0 Å². The van der Waals surface area contributed by atoms with Gasteiger partial charge in [-0.25, -0.2) is 8.78 Å². The molecule has 5 heteroatoms. The van der Waals surface area contributed by atoms with Crippen molar-refractivity contribution in [2.75, 3.05) is 19.6 Å². The molecule has 1 aromatic carbocycles. The Morgan fingerprint density at radius 1 is 1.44 bits per heavy atom. The van der Waals surface area contributed by atoms with Crippen LogP contribution < -0.4 is 0 Å². The van der Waals surface area contributed by atoms with Crippen molar-refractivity contribution in [1.82, 2.24) is 4.90 Å². The molecular formula is C13H14F2N2O. The van der Waals surface area contributed by atoms with Crippen molar-refractivity contribution in [3.63, 3.8) is 0 Å². The fourth-order valence-corrected chi connectivity index (χ4v) is 1.56. The number of likely N-dealkylation sites (N-methyl/N-ethyl adjacent to an activating group) is 1. The van der Waals surface area contributed by atoms with Gasteiger partial charge in [-0.05, 0) is 18.7 Å². The zero-order valence-corrected chi connectivity index (χ0v) is 10.1. The summed E-state index contributed by atoms with van der Waals surface area (Å²) in [5, 5.41) is 8.47. The molecule has 0 heterocycles. The van der Waals surface area contributed by atoms with Crippen molar-refractivity contribution in [3.8, 4) is 6.07 Å². The number of carbonyl (C=O) groups is 1. The number of hydrogen-bond donors (Lipinski definition) is 0. The van der Waals surface area contributed by atoms with E-state index in [0.29, 0.717) is 25.6 Å². The van der Waals surface area contributed by atoms with E-state index in [4.69, 9.17) is 5.26 Å². The van der Waals surface area contributed by atoms with Crippen LogP contribution in [-0.4, -0.2) is 30.3 Å². The van der Waals surface area contributed by atoms with Gasteiger partial charge >= 0.3 is 0 Å². The van der Waals surface area contributed by atoms with Crippen molar-refractivity contribution < 1.29 is 13.6 Å². The Bertz CT molecular complexity index is 469. The number of carbonyl (C=O) groups excluding carboxylic acids is 1. The molecule has 0 atom stereocenters. The Morgan fingerprint density at radius 3 is 2.72 bits per heavy atom. The zero-order valence-electron chi connectivity index (χ0n) is 10.1. The molecule has 0 aliphatic carbocycles. The van der Waals surface area contributed by atoms with Gasteiger partial charge in [-0.3, -0.25) is 9.69 Å². The largest absolute Gasteiger partial charge is 0.295 e. The molecule has 0 aliphatic rings. The summed E-state index contributed by atoms with van der Waals surface area (Å²) in [7, 11) is 0. The lowest BCUT2D eigenvalue weighted by atomic mass is 10.1. The molecule has 0 radical (unpaired) electrons. The minimum atomic E-state index is -0.851. The maximum absolute atomic E-state index is 13.4. The van der Waals surface area contributed by atoms with E-state index in [2.05, 4.69) is 0 Å². The molecule has 0 spiro atoms. The smallest absolute Gasteiger partial charge is 0.179 e. The maximum Gasteiger partial charge on any atom is 0.179 e. The lowest BCUT2D eigenvalue weighted by Crippen LogP contribution is -2.31. The summed E-state index contributed by atoms with van der Waals surface area (Å²) in [6.45, 7) is 2.93. The Morgan fingerprint density at radius 2 is 2.17 bits per heavy atom. The van der Waals surface area contributed by atoms with Gasteiger partial charge < -0.3 is 0 Å². The fourth-order valence-electron chi connectivity index (χ4n) is 1.56. The third-order valence-electron chi connectivity index (χ3n) is 2.59. The van der Waals surface area contributed by atoms with Gasteiger partial charge in [0.1, 0.15) is 11.6 Å². The highest BCUT2D eigenvalue weighted by Crippen LogP contribution is 2.11. The molecule has 0 saturated heterocycles. The minimum Gasteiger partial charge on any atom is -0.295 e. The third kappa shape index (κ3) is 3.90. The minimum absolute atomic E-state index is 0.0285. The van der Waals surface area contributed by atoms with Crippen LogP contribution in [0.5, 0.6) is 0 Å². The van der Waals surface area contributed by atoms with Gasteiger partial charge in [-0.2, -0.15) is 5.26 Å². The van der Waals surface area contributed by atoms with Crippen molar-refractivity contribution in [2.24, 2.45) is 0 Å². The van der Waals surface area contributed by atoms with E-state index in [0.717, 1.165) is 12.1 Å². The number of halogens is 2. The third-order valence-corrected chi connectivity index (χ3v) is 2.59. The van der Waals surface area contributed by atoms with E-state index < -0.39 is 17.4 Å². The maximum atomic E-state index is 13.4. The van der Waals surface area contributed by atoms with E-state index in [1.54, 1.807) is 4.90 Å². The van der Waals surface area contributed by atoms with E-state index in [-0.39, 0.29) is 12.1 Å². The normalized spacial score (nSPS) is 10.4. The predicted molar refractivity (Wildman–Crippen MR) is 63.0 cm³/mol. The summed E-state index contributed by atoms with van der Waals surface area (Å²) in [5.74, 6) is -1.97. The molecule has 1 aromatic rings. The van der Waals surface area contributed by atoms with Gasteiger partial charge in [0.25, 0.3) is 0 Å². The molecule has 0 N–H and O–H groups in total. The molecule has 0 aliphatic heterocycles. The van der Waals surface area contributed by atoms with Gasteiger partial charge in [0.15, 0.2) is 5.78 Å². The molecule has 0 unspecified atom stereocenters. The van der Waals surface area contributed by atoms with Gasteiger partial charge in [0, 0.05) is 19.0 Å². The molecule has 1 rings (SSSR count). The summed E-state index contributed by atoms with van der Waals surface area (Å²) in [5.41, 5.74) is -0.119. The van der Waals surface area contributed by atoms with E-state index in [1.807, 2.05) is 13.0 Å². The van der Waals surface area contributed by atoms with E-state index >= 15 is 0 Å². The number of Topliss-reactive ketones (excluding diaryl/α,β-unsaturated/α-hetero) is 1. The van der Waals surface area contributed by atoms with Crippen LogP contribution in [-0.2, 0) is 0 Å². The van der Waals surface area contributed by atoms with Crippen LogP contribution in [0.25, 0.3) is 0 Å². The summed E-state index contributed by atoms with van der Waals surface area (Å²) >= 11 is 0. The first-order valence-corrected chi connectivity index (χ1v) is 5.66. The molecule has 96 valence electrons. The lowest BCUT2D eigenvalue weighted by Gasteiger charge is -2.17. The number of benzene rings is 1. The second-order valence-corrected chi connectivity index (χ2v) is 3.82. The molecule has 18 heavy (non-hydrogen) atoms. The summed E-state index contributed by atoms with van der Waals surface area (Å²) in [6, 6.07) is 4.88. The van der Waals surface area contributed by atoms with E-state index in [1.165, 1.54) is 0 Å². The Hall–Kier alpha value is -1.80. The average molecular weight is 252 g/mol. The first kappa shape index (κ1) is 14.3. The SMILES string of the molecule is CCN(CCC#N)CC(=O)c1ccc(F)cc1F. The number of nitrogens with zero attached hydrogens (tertiary/aromatic N) is 2. The summed E-state index contributed by atoms with van der Waals surface area (Å²) in [4.78, 5) is 13.6. The van der Waals surface area contributed by atoms with Gasteiger partial charge in [0.2, 0.25) is 0 Å². The van der Waals surface area contributed by atoms with Crippen LogP contribution in [0.4, 0.5) is 8.78 Å². The summed E-state index contributed by atoms with van der Waals surface area (Å²) in [6.07, 6.45) is 0.313. The van der Waals surface area contributed by atoms with Gasteiger partial charge in [0.05, 0.1) is 18.2 Å². The monoisotopic (exact) mass is 252 g/mol. The van der Waals surface area contributed by atoms with Crippen molar-refractivity contribution in [3.05, 3.63) is 35.4 Å². The van der Waals surface area contributed by atoms with E-state index in [9.17, 15) is 13.6 Å². The highest BCUT2D eigenvalue weighted by molar-refractivity contribution is 5.97. The van der Waals surface area contributed by atoms with Gasteiger partial charge in [-0.1, -0.05) is 6.92 Å². The zero-order chi connectivity index (χ0) is 13.5. The average Bonchev–Trinajstić information content (AvgIpc) is 2.34. The molecule has 0 fully saturated rings. The fraction of sp³-hybridized carbons (Fsp3) is 0.385. The molecule has 0 saturated carbocycles. The van der Waals surface area contributed by atoms with Crippen LogP contribution in [0.1, 0.15) is 23.7 Å². The molecule has 3 nitrogen and oxygen atoms in total. The van der Waals surface area contributed by atoms with Crippen molar-refractivity contribution in [2.45, 2.75) is 13.3 Å². The second kappa shape index (κ2) is 6.82. The first-order valence-electron chi connectivity index (χ1n) is 5.66. The topological polar surface area (TPSA) is 44.1 Å². The number of rotatable bonds is 6. The number of ketones is 1. The van der Waals surface area contributed by atoms with Crippen molar-refractivity contribution in [1.29, 1.82) is 5.26 Å². The summed E-state index contributed by atoms with van der Waals surface area (Å²) < 4.78 is 26.1. The first-order chi connectivity index (χ1) is 8.58. The van der Waals surface area contributed by atoms with Crippen LogP contribution in [0.15, 0.2) is 18.2 Å². The van der Waals surface area contributed by atoms with Crippen LogP contribution >= 0.6 is 0 Å². The predicted octanol–water partition coefficient (Wildman–Crippen LogP) is 2.38. The Kier molecular flexibility index (Phi) is 5.40. The number of hydrogen-bond acceptors (Lipinski definition) is 3. The van der Waals surface area contributed by atoms with Crippen LogP contribution in [0.3, 0.4) is 0 Å².